The first-order valence-corrected chi connectivity index (χ1v) is 8.62. The maximum Gasteiger partial charge on any atom is 0.326 e. The van der Waals surface area contributed by atoms with Crippen LogP contribution in [0, 0.1) is 11.7 Å². The van der Waals surface area contributed by atoms with Gasteiger partial charge in [-0.1, -0.05) is 26.0 Å². The van der Waals surface area contributed by atoms with E-state index in [9.17, 15) is 23.9 Å². The molecule has 0 saturated heterocycles. The maximum atomic E-state index is 13.1. The minimum absolute atomic E-state index is 0.0187. The molecule has 7 nitrogen and oxygen atoms in total. The summed E-state index contributed by atoms with van der Waals surface area (Å²) in [7, 11) is 0. The largest absolute Gasteiger partial charge is 0.480 e. The van der Waals surface area contributed by atoms with E-state index < -0.39 is 29.6 Å². The number of hydrogen-bond acceptors (Lipinski definition) is 4. The SMILES string of the molecule is CC(C)CC(NC(=O)/C(=C\c1ccc(F)cc1)NC(=O)c1ccco1)C(=O)O. The standard InChI is InChI=1S/C20H21FN2O5/c1-12(2)10-16(20(26)27)23-18(24)15(11-13-5-7-14(21)8-6-13)22-19(25)17-4-3-9-28-17/h3-9,11-12,16H,10H2,1-2H3,(H,22,25)(H,23,24)(H,26,27)/b15-11+. The molecule has 2 aromatic rings. The van der Waals surface area contributed by atoms with Crippen molar-refractivity contribution in [3.63, 3.8) is 0 Å². The number of benzene rings is 1. The summed E-state index contributed by atoms with van der Waals surface area (Å²) in [4.78, 5) is 36.3. The fourth-order valence-electron chi connectivity index (χ4n) is 2.40. The van der Waals surface area contributed by atoms with Crippen molar-refractivity contribution in [1.82, 2.24) is 10.6 Å². The van der Waals surface area contributed by atoms with E-state index in [2.05, 4.69) is 10.6 Å². The molecular weight excluding hydrogens is 367 g/mol. The molecule has 0 aliphatic rings. The van der Waals surface area contributed by atoms with Crippen molar-refractivity contribution in [2.24, 2.45) is 5.92 Å². The van der Waals surface area contributed by atoms with Crippen LogP contribution < -0.4 is 10.6 Å². The van der Waals surface area contributed by atoms with Gasteiger partial charge in [-0.15, -0.1) is 0 Å². The molecule has 0 saturated carbocycles. The molecule has 1 unspecified atom stereocenters. The van der Waals surface area contributed by atoms with Gasteiger partial charge in [0.15, 0.2) is 5.76 Å². The van der Waals surface area contributed by atoms with Gasteiger partial charge >= 0.3 is 5.97 Å². The third-order valence-corrected chi connectivity index (χ3v) is 3.73. The molecule has 28 heavy (non-hydrogen) atoms. The third kappa shape index (κ3) is 6.08. The van der Waals surface area contributed by atoms with E-state index >= 15 is 0 Å². The van der Waals surface area contributed by atoms with E-state index in [0.29, 0.717) is 5.56 Å². The second-order valence-electron chi connectivity index (χ2n) is 6.53. The normalized spacial score (nSPS) is 12.5. The van der Waals surface area contributed by atoms with Crippen LogP contribution in [0.25, 0.3) is 6.08 Å². The van der Waals surface area contributed by atoms with Crippen LogP contribution in [0.5, 0.6) is 0 Å². The number of carbonyl (C=O) groups excluding carboxylic acids is 2. The Kier molecular flexibility index (Phi) is 7.08. The Hall–Kier alpha value is -3.42. The van der Waals surface area contributed by atoms with E-state index in [1.807, 2.05) is 13.8 Å². The summed E-state index contributed by atoms with van der Waals surface area (Å²) in [6.45, 7) is 3.66. The minimum Gasteiger partial charge on any atom is -0.480 e. The zero-order valence-corrected chi connectivity index (χ0v) is 15.4. The molecule has 1 heterocycles. The van der Waals surface area contributed by atoms with Gasteiger partial charge in [0.1, 0.15) is 17.6 Å². The van der Waals surface area contributed by atoms with Crippen LogP contribution in [0.2, 0.25) is 0 Å². The lowest BCUT2D eigenvalue weighted by molar-refractivity contribution is -0.141. The van der Waals surface area contributed by atoms with Crippen molar-refractivity contribution in [1.29, 1.82) is 0 Å². The number of carboxylic acids is 1. The van der Waals surface area contributed by atoms with Gasteiger partial charge < -0.3 is 20.2 Å². The topological polar surface area (TPSA) is 109 Å². The Morgan fingerprint density at radius 1 is 1.18 bits per heavy atom. The molecule has 0 spiro atoms. The Labute approximate surface area is 161 Å². The van der Waals surface area contributed by atoms with Gasteiger partial charge in [-0.2, -0.15) is 0 Å². The summed E-state index contributed by atoms with van der Waals surface area (Å²) in [5.41, 5.74) is 0.255. The molecule has 0 radical (unpaired) electrons. The number of hydrogen-bond donors (Lipinski definition) is 3. The number of rotatable bonds is 8. The molecule has 0 aliphatic heterocycles. The second kappa shape index (κ2) is 9.50. The van der Waals surface area contributed by atoms with Gasteiger partial charge in [0, 0.05) is 0 Å². The van der Waals surface area contributed by atoms with Crippen molar-refractivity contribution in [3.05, 3.63) is 65.5 Å². The van der Waals surface area contributed by atoms with Crippen LogP contribution in [0.15, 0.2) is 52.8 Å². The quantitative estimate of drug-likeness (QED) is 0.603. The van der Waals surface area contributed by atoms with Crippen LogP contribution in [0.3, 0.4) is 0 Å². The van der Waals surface area contributed by atoms with Gasteiger partial charge in [0.2, 0.25) is 0 Å². The number of carboxylic acid groups (broad SMARTS) is 1. The average molecular weight is 388 g/mol. The first-order chi connectivity index (χ1) is 13.3. The predicted octanol–water partition coefficient (Wildman–Crippen LogP) is 2.81. The van der Waals surface area contributed by atoms with Crippen molar-refractivity contribution in [2.45, 2.75) is 26.3 Å². The highest BCUT2D eigenvalue weighted by atomic mass is 19.1. The molecule has 1 aromatic heterocycles. The molecule has 0 fully saturated rings. The van der Waals surface area contributed by atoms with Crippen LogP contribution in [0.4, 0.5) is 4.39 Å². The molecule has 3 N–H and O–H groups in total. The highest BCUT2D eigenvalue weighted by Crippen LogP contribution is 2.11. The Morgan fingerprint density at radius 3 is 2.39 bits per heavy atom. The zero-order valence-electron chi connectivity index (χ0n) is 15.4. The van der Waals surface area contributed by atoms with Gasteiger partial charge in [-0.25, -0.2) is 9.18 Å². The van der Waals surface area contributed by atoms with Crippen LogP contribution in [-0.2, 0) is 9.59 Å². The van der Waals surface area contributed by atoms with Crippen molar-refractivity contribution in [3.8, 4) is 0 Å². The highest BCUT2D eigenvalue weighted by Gasteiger charge is 2.24. The summed E-state index contributed by atoms with van der Waals surface area (Å²) in [6.07, 6.45) is 2.85. The van der Waals surface area contributed by atoms with E-state index in [1.54, 1.807) is 0 Å². The summed E-state index contributed by atoms with van der Waals surface area (Å²) in [6, 6.07) is 7.06. The number of nitrogens with one attached hydrogen (secondary N) is 2. The van der Waals surface area contributed by atoms with Crippen LogP contribution in [-0.4, -0.2) is 28.9 Å². The summed E-state index contributed by atoms with van der Waals surface area (Å²) >= 11 is 0. The molecule has 0 aliphatic carbocycles. The zero-order chi connectivity index (χ0) is 20.7. The number of aliphatic carboxylic acids is 1. The Balaban J connectivity index is 2.28. The number of amides is 2. The molecule has 2 rings (SSSR count). The van der Waals surface area contributed by atoms with Crippen LogP contribution >= 0.6 is 0 Å². The molecule has 148 valence electrons. The number of furan rings is 1. The lowest BCUT2D eigenvalue weighted by Gasteiger charge is -2.18. The lowest BCUT2D eigenvalue weighted by atomic mass is 10.0. The molecular formula is C20H21FN2O5. The van der Waals surface area contributed by atoms with E-state index in [0.717, 1.165) is 0 Å². The maximum absolute atomic E-state index is 13.1. The van der Waals surface area contributed by atoms with E-state index in [4.69, 9.17) is 4.42 Å². The second-order valence-corrected chi connectivity index (χ2v) is 6.53. The molecule has 8 heteroatoms. The molecule has 1 atom stereocenters. The highest BCUT2D eigenvalue weighted by molar-refractivity contribution is 6.05. The van der Waals surface area contributed by atoms with Crippen molar-refractivity contribution >= 4 is 23.9 Å². The first-order valence-electron chi connectivity index (χ1n) is 8.62. The first kappa shape index (κ1) is 20.9. The summed E-state index contributed by atoms with van der Waals surface area (Å²) in [5.74, 6) is -3.08. The number of halogens is 1. The van der Waals surface area contributed by atoms with Gasteiger partial charge in [0.25, 0.3) is 11.8 Å². The van der Waals surface area contributed by atoms with Crippen molar-refractivity contribution in [2.75, 3.05) is 0 Å². The fraction of sp³-hybridized carbons (Fsp3) is 0.250. The smallest absolute Gasteiger partial charge is 0.326 e. The summed E-state index contributed by atoms with van der Waals surface area (Å²) in [5, 5.41) is 14.1. The number of carbonyl (C=O) groups is 3. The van der Waals surface area contributed by atoms with Crippen LogP contribution in [0.1, 0.15) is 36.4 Å². The van der Waals surface area contributed by atoms with E-state index in [1.165, 1.54) is 48.7 Å². The third-order valence-electron chi connectivity index (χ3n) is 3.73. The van der Waals surface area contributed by atoms with Gasteiger partial charge in [-0.05, 0) is 48.2 Å². The minimum atomic E-state index is -1.18. The Morgan fingerprint density at radius 2 is 1.86 bits per heavy atom. The molecule has 1 aromatic carbocycles. The lowest BCUT2D eigenvalue weighted by Crippen LogP contribution is -2.44. The van der Waals surface area contributed by atoms with Gasteiger partial charge in [0.05, 0.1) is 6.26 Å². The van der Waals surface area contributed by atoms with Crippen molar-refractivity contribution < 1.29 is 28.3 Å². The van der Waals surface area contributed by atoms with Gasteiger partial charge in [-0.3, -0.25) is 9.59 Å². The molecule has 2 amide bonds. The monoisotopic (exact) mass is 388 g/mol. The average Bonchev–Trinajstić information content (AvgIpc) is 3.16. The predicted molar refractivity (Wildman–Crippen MR) is 99.6 cm³/mol. The fourth-order valence-corrected chi connectivity index (χ4v) is 2.40. The van der Waals surface area contributed by atoms with E-state index in [-0.39, 0.29) is 23.8 Å². The Bertz CT molecular complexity index is 857. The molecule has 0 bridgehead atoms. The summed E-state index contributed by atoms with van der Waals surface area (Å²) < 4.78 is 18.1.